The third kappa shape index (κ3) is 3.93. The Hall–Kier alpha value is -1.00. The molecule has 82 valence electrons. The molecular weight excluding hydrogens is 208 g/mol. The molecule has 0 radical (unpaired) electrons. The summed E-state index contributed by atoms with van der Waals surface area (Å²) in [5.41, 5.74) is 4.69. The van der Waals surface area contributed by atoms with Crippen molar-refractivity contribution in [3.05, 3.63) is 29.3 Å². The summed E-state index contributed by atoms with van der Waals surface area (Å²) in [6.45, 7) is 4.18. The zero-order valence-electron chi connectivity index (χ0n) is 9.04. The van der Waals surface area contributed by atoms with Crippen LogP contribution in [-0.2, 0) is 4.79 Å². The molecule has 0 bridgehead atoms. The molecule has 0 aliphatic rings. The maximum Gasteiger partial charge on any atom is 0.234 e. The molecule has 3 N–H and O–H groups in total. The van der Waals surface area contributed by atoms with E-state index in [1.165, 1.54) is 16.0 Å². The van der Waals surface area contributed by atoms with Crippen LogP contribution in [0, 0.1) is 13.8 Å². The number of amides is 1. The molecule has 0 atom stereocenters. The molecule has 0 spiro atoms. The van der Waals surface area contributed by atoms with Crippen molar-refractivity contribution in [3.8, 4) is 0 Å². The van der Waals surface area contributed by atoms with Gasteiger partial charge in [0, 0.05) is 17.1 Å². The lowest BCUT2D eigenvalue weighted by Gasteiger charge is -2.04. The van der Waals surface area contributed by atoms with Crippen molar-refractivity contribution in [1.29, 1.82) is 0 Å². The second-order valence-electron chi connectivity index (χ2n) is 3.41. The van der Waals surface area contributed by atoms with Crippen molar-refractivity contribution >= 4 is 17.7 Å². The van der Waals surface area contributed by atoms with E-state index in [1.54, 1.807) is 11.8 Å². The maximum absolute atomic E-state index is 10.9. The number of hydrazine groups is 1. The molecule has 3 nitrogen and oxygen atoms in total. The Bertz CT molecular complexity index is 352. The van der Waals surface area contributed by atoms with Crippen LogP contribution in [0.2, 0.25) is 0 Å². The molecule has 0 aromatic heterocycles. The van der Waals surface area contributed by atoms with Gasteiger partial charge in [0.1, 0.15) is 0 Å². The van der Waals surface area contributed by atoms with Crippen LogP contribution in [0.3, 0.4) is 0 Å². The van der Waals surface area contributed by atoms with Crippen molar-refractivity contribution in [2.45, 2.75) is 25.2 Å². The zero-order valence-corrected chi connectivity index (χ0v) is 9.86. The van der Waals surface area contributed by atoms with Crippen LogP contribution in [0.4, 0.5) is 0 Å². The Morgan fingerprint density at radius 3 is 2.73 bits per heavy atom. The van der Waals surface area contributed by atoms with Gasteiger partial charge in [-0.15, -0.1) is 11.8 Å². The molecule has 1 amide bonds. The first kappa shape index (κ1) is 12.1. The molecule has 0 aliphatic carbocycles. The van der Waals surface area contributed by atoms with Crippen molar-refractivity contribution in [1.82, 2.24) is 5.43 Å². The third-order valence-electron chi connectivity index (χ3n) is 2.24. The first-order chi connectivity index (χ1) is 7.13. The highest BCUT2D eigenvalue weighted by molar-refractivity contribution is 7.99. The van der Waals surface area contributed by atoms with E-state index >= 15 is 0 Å². The van der Waals surface area contributed by atoms with Crippen LogP contribution < -0.4 is 11.3 Å². The van der Waals surface area contributed by atoms with Gasteiger partial charge in [-0.2, -0.15) is 0 Å². The van der Waals surface area contributed by atoms with Gasteiger partial charge in [-0.1, -0.05) is 6.07 Å². The minimum Gasteiger partial charge on any atom is -0.294 e. The number of nitrogens with two attached hydrogens (primary N) is 1. The summed E-state index contributed by atoms with van der Waals surface area (Å²) in [7, 11) is 0. The highest BCUT2D eigenvalue weighted by Gasteiger charge is 2.00. The van der Waals surface area contributed by atoms with Gasteiger partial charge in [0.15, 0.2) is 0 Å². The molecule has 1 aromatic carbocycles. The number of benzene rings is 1. The number of thioether (sulfide) groups is 1. The third-order valence-corrected chi connectivity index (χ3v) is 3.23. The molecule has 0 unspecified atom stereocenters. The second-order valence-corrected chi connectivity index (χ2v) is 4.58. The van der Waals surface area contributed by atoms with Crippen LogP contribution in [0.25, 0.3) is 0 Å². The summed E-state index contributed by atoms with van der Waals surface area (Å²) in [5.74, 6) is 5.62. The maximum atomic E-state index is 10.9. The van der Waals surface area contributed by atoms with Crippen LogP contribution in [-0.4, -0.2) is 11.7 Å². The van der Waals surface area contributed by atoms with Crippen LogP contribution in [0.15, 0.2) is 23.1 Å². The average molecular weight is 224 g/mol. The lowest BCUT2D eigenvalue weighted by Crippen LogP contribution is -2.30. The summed E-state index contributed by atoms with van der Waals surface area (Å²) >= 11 is 1.67. The highest BCUT2D eigenvalue weighted by Crippen LogP contribution is 2.21. The molecule has 0 heterocycles. The number of carbonyl (C=O) groups is 1. The zero-order chi connectivity index (χ0) is 11.3. The van der Waals surface area contributed by atoms with E-state index in [2.05, 4.69) is 37.5 Å². The largest absolute Gasteiger partial charge is 0.294 e. The normalized spacial score (nSPS) is 10.1. The van der Waals surface area contributed by atoms with Gasteiger partial charge in [0.25, 0.3) is 0 Å². The number of nitrogens with one attached hydrogen (secondary N) is 1. The number of hydrogen-bond acceptors (Lipinski definition) is 3. The molecular formula is C11H16N2OS. The van der Waals surface area contributed by atoms with Crippen molar-refractivity contribution in [3.63, 3.8) is 0 Å². The smallest absolute Gasteiger partial charge is 0.234 e. The topological polar surface area (TPSA) is 55.1 Å². The lowest BCUT2D eigenvalue weighted by molar-refractivity contribution is -0.120. The van der Waals surface area contributed by atoms with Crippen LogP contribution in [0.5, 0.6) is 0 Å². The molecule has 15 heavy (non-hydrogen) atoms. The Kier molecular flexibility index (Phi) is 4.65. The Morgan fingerprint density at radius 1 is 1.40 bits per heavy atom. The predicted molar refractivity (Wildman–Crippen MR) is 63.6 cm³/mol. The lowest BCUT2D eigenvalue weighted by atomic mass is 10.1. The minimum absolute atomic E-state index is 0.119. The van der Waals surface area contributed by atoms with Crippen molar-refractivity contribution in [2.75, 3.05) is 5.75 Å². The fourth-order valence-corrected chi connectivity index (χ4v) is 2.08. The SMILES string of the molecule is Cc1ccc(SCCC(=O)NN)cc1C. The number of rotatable bonds is 4. The summed E-state index contributed by atoms with van der Waals surface area (Å²) in [4.78, 5) is 12.1. The summed E-state index contributed by atoms with van der Waals surface area (Å²) < 4.78 is 0. The molecule has 4 heteroatoms. The first-order valence-electron chi connectivity index (χ1n) is 4.83. The van der Waals surface area contributed by atoms with Gasteiger partial charge in [-0.25, -0.2) is 5.84 Å². The van der Waals surface area contributed by atoms with E-state index in [4.69, 9.17) is 5.84 Å². The number of hydrogen-bond donors (Lipinski definition) is 2. The molecule has 0 saturated heterocycles. The van der Waals surface area contributed by atoms with Gasteiger partial charge in [-0.3, -0.25) is 10.2 Å². The molecule has 0 saturated carbocycles. The molecule has 1 rings (SSSR count). The fraction of sp³-hybridized carbons (Fsp3) is 0.364. The molecule has 0 aliphatic heterocycles. The van der Waals surface area contributed by atoms with E-state index in [9.17, 15) is 4.79 Å². The predicted octanol–water partition coefficient (Wildman–Crippen LogP) is 1.78. The van der Waals surface area contributed by atoms with Crippen molar-refractivity contribution in [2.24, 2.45) is 5.84 Å². The van der Waals surface area contributed by atoms with Gasteiger partial charge in [-0.05, 0) is 37.1 Å². The van der Waals surface area contributed by atoms with E-state index < -0.39 is 0 Å². The summed E-state index contributed by atoms with van der Waals surface area (Å²) in [6, 6.07) is 6.31. The Morgan fingerprint density at radius 2 is 2.13 bits per heavy atom. The molecule has 0 fully saturated rings. The van der Waals surface area contributed by atoms with E-state index in [-0.39, 0.29) is 5.91 Å². The van der Waals surface area contributed by atoms with E-state index in [0.717, 1.165) is 5.75 Å². The van der Waals surface area contributed by atoms with Crippen LogP contribution >= 0.6 is 11.8 Å². The summed E-state index contributed by atoms with van der Waals surface area (Å²) in [6.07, 6.45) is 0.452. The number of aryl methyl sites for hydroxylation is 2. The minimum atomic E-state index is -0.119. The Labute approximate surface area is 94.4 Å². The van der Waals surface area contributed by atoms with Gasteiger partial charge >= 0.3 is 0 Å². The van der Waals surface area contributed by atoms with Gasteiger partial charge in [0.2, 0.25) is 5.91 Å². The monoisotopic (exact) mass is 224 g/mol. The van der Waals surface area contributed by atoms with Crippen LogP contribution in [0.1, 0.15) is 17.5 Å². The number of carbonyl (C=O) groups excluding carboxylic acids is 1. The van der Waals surface area contributed by atoms with Gasteiger partial charge in [0.05, 0.1) is 0 Å². The first-order valence-corrected chi connectivity index (χ1v) is 5.81. The van der Waals surface area contributed by atoms with E-state index in [1.807, 2.05) is 0 Å². The Balaban J connectivity index is 2.44. The average Bonchev–Trinajstić information content (AvgIpc) is 2.23. The molecule has 1 aromatic rings. The van der Waals surface area contributed by atoms with Gasteiger partial charge < -0.3 is 0 Å². The van der Waals surface area contributed by atoms with E-state index in [0.29, 0.717) is 6.42 Å². The van der Waals surface area contributed by atoms with Crippen molar-refractivity contribution < 1.29 is 4.79 Å². The fourth-order valence-electron chi connectivity index (χ4n) is 1.14. The second kappa shape index (κ2) is 5.78. The highest BCUT2D eigenvalue weighted by atomic mass is 32.2. The standard InChI is InChI=1S/C11H16N2OS/c1-8-3-4-10(7-9(8)2)15-6-5-11(14)13-12/h3-4,7H,5-6,12H2,1-2H3,(H,13,14). The summed E-state index contributed by atoms with van der Waals surface area (Å²) in [5, 5.41) is 0. The quantitative estimate of drug-likeness (QED) is 0.355.